The molecule has 6 heteroatoms. The van der Waals surface area contributed by atoms with Gasteiger partial charge in [0.15, 0.2) is 5.78 Å². The molecular weight excluding hydrogens is 209 g/mol. The number of aromatic nitrogens is 2. The third-order valence-electron chi connectivity index (χ3n) is 3.94. The summed E-state index contributed by atoms with van der Waals surface area (Å²) in [6.45, 7) is 0. The maximum atomic E-state index is 12.6. The summed E-state index contributed by atoms with van der Waals surface area (Å²) in [5, 5.41) is 5.45. The number of H-pyrrole nitrogens is 1. The summed E-state index contributed by atoms with van der Waals surface area (Å²) >= 11 is 0. The maximum absolute atomic E-state index is 12.6. The Hall–Kier alpha value is -1.33. The fourth-order valence-electron chi connectivity index (χ4n) is 3.03. The molecular formula is C9H5F3N2O. The molecule has 3 nitrogen and oxygen atoms in total. The first kappa shape index (κ1) is 7.90. The minimum Gasteiger partial charge on any atom is -0.292 e. The molecule has 15 heavy (non-hydrogen) atoms. The van der Waals surface area contributed by atoms with E-state index in [0.29, 0.717) is 0 Å². The van der Waals surface area contributed by atoms with Crippen molar-refractivity contribution in [2.75, 3.05) is 0 Å². The summed E-state index contributed by atoms with van der Waals surface area (Å²) in [6.07, 6.45) is -3.68. The lowest BCUT2D eigenvalue weighted by molar-refractivity contribution is -0.141. The van der Waals surface area contributed by atoms with Crippen molar-refractivity contribution in [2.24, 2.45) is 11.3 Å². The second kappa shape index (κ2) is 1.72. The highest BCUT2D eigenvalue weighted by Crippen LogP contribution is 2.88. The molecule has 1 aromatic rings. The number of nitrogens with zero attached hydrogens (tertiary/aromatic N) is 1. The van der Waals surface area contributed by atoms with Gasteiger partial charge in [-0.2, -0.15) is 18.3 Å². The molecule has 2 saturated carbocycles. The van der Waals surface area contributed by atoms with Gasteiger partial charge in [-0.25, -0.2) is 0 Å². The Bertz CT molecular complexity index is 518. The maximum Gasteiger partial charge on any atom is 0.433 e. The lowest BCUT2D eigenvalue weighted by atomic mass is 10.0. The predicted octanol–water partition coefficient (Wildman–Crippen LogP) is 1.73. The van der Waals surface area contributed by atoms with E-state index in [-0.39, 0.29) is 28.9 Å². The number of carbonyl (C=O) groups is 1. The van der Waals surface area contributed by atoms with Gasteiger partial charge in [-0.1, -0.05) is 0 Å². The van der Waals surface area contributed by atoms with E-state index in [0.717, 1.165) is 6.42 Å². The van der Waals surface area contributed by atoms with Crippen molar-refractivity contribution in [3.05, 3.63) is 17.0 Å². The fraction of sp³-hybridized carbons (Fsp3) is 0.556. The van der Waals surface area contributed by atoms with Crippen LogP contribution in [0.5, 0.6) is 0 Å². The number of nitrogens with one attached hydrogen (secondary N) is 1. The standard InChI is InChI=1S/C9H5F3N2O/c10-9(11,12)6-3-4-2-1-8(2,4)7(15)5(3)13-14-6/h2,4H,1H2,(H,13,14)/t2?,4?,8-/m0/s1. The van der Waals surface area contributed by atoms with Crippen molar-refractivity contribution < 1.29 is 18.0 Å². The number of hydrogen-bond acceptors (Lipinski definition) is 2. The number of fused-ring (bicyclic) bond motifs is 3. The minimum absolute atomic E-state index is 0.0288. The van der Waals surface area contributed by atoms with Gasteiger partial charge in [0.25, 0.3) is 0 Å². The van der Waals surface area contributed by atoms with E-state index in [9.17, 15) is 18.0 Å². The zero-order valence-corrected chi connectivity index (χ0v) is 7.35. The number of aromatic amines is 1. The zero-order valence-electron chi connectivity index (χ0n) is 7.35. The van der Waals surface area contributed by atoms with Crippen LogP contribution in [0.2, 0.25) is 0 Å². The van der Waals surface area contributed by atoms with Crippen LogP contribution in [0, 0.1) is 11.3 Å². The molecule has 0 amide bonds. The van der Waals surface area contributed by atoms with Crippen LogP contribution in [-0.2, 0) is 6.18 Å². The molecule has 3 aliphatic rings. The average Bonchev–Trinajstić information content (AvgIpc) is 2.88. The molecule has 0 saturated heterocycles. The third kappa shape index (κ3) is 0.609. The van der Waals surface area contributed by atoms with Crippen molar-refractivity contribution in [1.29, 1.82) is 0 Å². The van der Waals surface area contributed by atoms with Crippen LogP contribution in [0.1, 0.15) is 34.1 Å². The second-order valence-corrected chi connectivity index (χ2v) is 4.52. The van der Waals surface area contributed by atoms with Gasteiger partial charge in [0.1, 0.15) is 11.4 Å². The van der Waals surface area contributed by atoms with E-state index in [1.807, 2.05) is 5.10 Å². The first-order chi connectivity index (χ1) is 6.98. The normalized spacial score (nSPS) is 39.8. The van der Waals surface area contributed by atoms with E-state index in [1.165, 1.54) is 0 Å². The molecule has 3 aliphatic carbocycles. The number of Topliss-reactive ketones (excluding diaryl/α,β-unsaturated/α-hetero) is 1. The first-order valence-electron chi connectivity index (χ1n) is 4.68. The van der Waals surface area contributed by atoms with Gasteiger partial charge in [0.05, 0.1) is 0 Å². The third-order valence-corrected chi connectivity index (χ3v) is 3.94. The van der Waals surface area contributed by atoms with Crippen LogP contribution in [-0.4, -0.2) is 16.0 Å². The quantitative estimate of drug-likeness (QED) is 0.714. The lowest BCUT2D eigenvalue weighted by Gasteiger charge is -2.07. The summed E-state index contributed by atoms with van der Waals surface area (Å²) in [4.78, 5) is 11.7. The Morgan fingerprint density at radius 3 is 2.80 bits per heavy atom. The Morgan fingerprint density at radius 2 is 2.20 bits per heavy atom. The molecule has 1 spiro atoms. The molecule has 0 aromatic carbocycles. The van der Waals surface area contributed by atoms with Crippen molar-refractivity contribution in [2.45, 2.75) is 18.5 Å². The van der Waals surface area contributed by atoms with Gasteiger partial charge in [-0.05, 0) is 12.3 Å². The van der Waals surface area contributed by atoms with Gasteiger partial charge in [-0.3, -0.25) is 9.89 Å². The molecule has 2 unspecified atom stereocenters. The summed E-state index contributed by atoms with van der Waals surface area (Å²) in [7, 11) is 0. The van der Waals surface area contributed by atoms with E-state index in [1.54, 1.807) is 0 Å². The van der Waals surface area contributed by atoms with E-state index in [4.69, 9.17) is 0 Å². The minimum atomic E-state index is -4.43. The Kier molecular flexibility index (Phi) is 0.906. The van der Waals surface area contributed by atoms with Crippen LogP contribution < -0.4 is 0 Å². The summed E-state index contributed by atoms with van der Waals surface area (Å²) in [6, 6.07) is 0. The molecule has 78 valence electrons. The Labute approximate surface area is 81.7 Å². The molecule has 2 fully saturated rings. The lowest BCUT2D eigenvalue weighted by Crippen LogP contribution is -2.09. The average molecular weight is 214 g/mol. The predicted molar refractivity (Wildman–Crippen MR) is 41.2 cm³/mol. The highest BCUT2D eigenvalue weighted by Gasteiger charge is 2.87. The Morgan fingerprint density at radius 1 is 1.47 bits per heavy atom. The van der Waals surface area contributed by atoms with Crippen molar-refractivity contribution in [1.82, 2.24) is 10.2 Å². The summed E-state index contributed by atoms with van der Waals surface area (Å²) < 4.78 is 37.7. The SMILES string of the molecule is O=C1c2n[nH]c(C(F)(F)F)c2C2C3C[C@]132. The topological polar surface area (TPSA) is 45.8 Å². The van der Waals surface area contributed by atoms with Gasteiger partial charge in [0, 0.05) is 16.9 Å². The molecule has 3 atom stereocenters. The fourth-order valence-corrected chi connectivity index (χ4v) is 3.03. The molecule has 0 bridgehead atoms. The van der Waals surface area contributed by atoms with Crippen LogP contribution in [0.25, 0.3) is 0 Å². The first-order valence-corrected chi connectivity index (χ1v) is 4.68. The van der Waals surface area contributed by atoms with Crippen LogP contribution in [0.3, 0.4) is 0 Å². The van der Waals surface area contributed by atoms with E-state index < -0.39 is 17.3 Å². The number of rotatable bonds is 0. The van der Waals surface area contributed by atoms with Crippen LogP contribution in [0.15, 0.2) is 0 Å². The largest absolute Gasteiger partial charge is 0.433 e. The highest BCUT2D eigenvalue weighted by atomic mass is 19.4. The van der Waals surface area contributed by atoms with Crippen molar-refractivity contribution in [3.63, 3.8) is 0 Å². The van der Waals surface area contributed by atoms with Crippen LogP contribution in [0.4, 0.5) is 13.2 Å². The number of halogens is 3. The molecule has 1 aromatic heterocycles. The van der Waals surface area contributed by atoms with Gasteiger partial charge < -0.3 is 0 Å². The van der Waals surface area contributed by atoms with Crippen molar-refractivity contribution >= 4 is 5.78 Å². The van der Waals surface area contributed by atoms with Gasteiger partial charge in [0.2, 0.25) is 0 Å². The second-order valence-electron chi connectivity index (χ2n) is 4.52. The van der Waals surface area contributed by atoms with Gasteiger partial charge >= 0.3 is 6.18 Å². The van der Waals surface area contributed by atoms with Gasteiger partial charge in [-0.15, -0.1) is 0 Å². The number of carbonyl (C=O) groups excluding carboxylic acids is 1. The smallest absolute Gasteiger partial charge is 0.292 e. The molecule has 0 aliphatic heterocycles. The van der Waals surface area contributed by atoms with Crippen molar-refractivity contribution in [3.8, 4) is 0 Å². The molecule has 1 N–H and O–H groups in total. The molecule has 4 rings (SSSR count). The zero-order chi connectivity index (χ0) is 10.6. The number of hydrogen-bond donors (Lipinski definition) is 1. The highest BCUT2D eigenvalue weighted by molar-refractivity contribution is 6.11. The van der Waals surface area contributed by atoms with E-state index >= 15 is 0 Å². The summed E-state index contributed by atoms with van der Waals surface area (Å²) in [5.74, 6) is -0.189. The number of ketones is 1. The Balaban J connectivity index is 1.94. The molecule has 0 radical (unpaired) electrons. The van der Waals surface area contributed by atoms with Crippen LogP contribution >= 0.6 is 0 Å². The number of alkyl halides is 3. The van der Waals surface area contributed by atoms with E-state index in [2.05, 4.69) is 5.10 Å². The summed E-state index contributed by atoms with van der Waals surface area (Å²) in [5.41, 5.74) is -1.10. The monoisotopic (exact) mass is 214 g/mol. The molecule has 1 heterocycles.